The van der Waals surface area contributed by atoms with Crippen LogP contribution in [0.25, 0.3) is 0 Å². The fraction of sp³-hybridized carbons (Fsp3) is 0.292. The lowest BCUT2D eigenvalue weighted by atomic mass is 10.1. The Balaban J connectivity index is 1.71. The average Bonchev–Trinajstić information content (AvgIpc) is 3.18. The maximum Gasteiger partial charge on any atom is 0.322 e. The van der Waals surface area contributed by atoms with Gasteiger partial charge in [0.2, 0.25) is 0 Å². The Hall–Kier alpha value is -2.76. The number of rotatable bonds is 9. The first-order valence-electron chi connectivity index (χ1n) is 10.1. The fourth-order valence-corrected chi connectivity index (χ4v) is 3.47. The molecule has 0 saturated heterocycles. The van der Waals surface area contributed by atoms with Gasteiger partial charge in [0.25, 0.3) is 0 Å². The molecule has 5 nitrogen and oxygen atoms in total. The smallest absolute Gasteiger partial charge is 0.322 e. The number of ether oxygens (including phenoxy) is 1. The van der Waals surface area contributed by atoms with Crippen molar-refractivity contribution in [2.45, 2.75) is 26.4 Å². The van der Waals surface area contributed by atoms with E-state index in [2.05, 4.69) is 16.8 Å². The number of halogens is 1. The Morgan fingerprint density at radius 2 is 1.90 bits per heavy atom. The van der Waals surface area contributed by atoms with Crippen LogP contribution in [0.4, 0.5) is 10.5 Å². The highest BCUT2D eigenvalue weighted by atomic mass is 35.5. The van der Waals surface area contributed by atoms with E-state index in [1.165, 1.54) is 5.56 Å². The Labute approximate surface area is 183 Å². The zero-order valence-electron chi connectivity index (χ0n) is 17.5. The van der Waals surface area contributed by atoms with Gasteiger partial charge < -0.3 is 19.5 Å². The molecule has 6 heteroatoms. The van der Waals surface area contributed by atoms with Gasteiger partial charge >= 0.3 is 6.03 Å². The summed E-state index contributed by atoms with van der Waals surface area (Å²) in [6, 6.07) is 19.6. The molecule has 2 amide bonds. The molecule has 1 N–H and O–H groups in total. The lowest BCUT2D eigenvalue weighted by molar-refractivity contribution is 0.152. The SMILES string of the molecule is CCc1ccc(NC(=O)N(CCOC)Cc2cccn2Cc2cccc(Cl)c2)cc1. The van der Waals surface area contributed by atoms with E-state index >= 15 is 0 Å². The molecule has 0 radical (unpaired) electrons. The molecular formula is C24H28ClN3O2. The van der Waals surface area contributed by atoms with E-state index in [1.54, 1.807) is 12.0 Å². The van der Waals surface area contributed by atoms with Gasteiger partial charge in [-0.05, 0) is 53.9 Å². The predicted molar refractivity (Wildman–Crippen MR) is 122 cm³/mol. The molecule has 0 saturated carbocycles. The number of hydrogen-bond acceptors (Lipinski definition) is 2. The number of nitrogens with one attached hydrogen (secondary N) is 1. The number of aryl methyl sites for hydroxylation is 1. The van der Waals surface area contributed by atoms with Crippen molar-refractivity contribution < 1.29 is 9.53 Å². The topological polar surface area (TPSA) is 46.5 Å². The van der Waals surface area contributed by atoms with Crippen molar-refractivity contribution in [2.24, 2.45) is 0 Å². The van der Waals surface area contributed by atoms with Crippen molar-refractivity contribution >= 4 is 23.3 Å². The number of amides is 2. The van der Waals surface area contributed by atoms with E-state index in [0.29, 0.717) is 26.2 Å². The number of anilines is 1. The lowest BCUT2D eigenvalue weighted by Gasteiger charge is -2.24. The molecular weight excluding hydrogens is 398 g/mol. The molecule has 0 bridgehead atoms. The molecule has 0 atom stereocenters. The summed E-state index contributed by atoms with van der Waals surface area (Å²) in [6.07, 6.45) is 2.99. The second-order valence-corrected chi connectivity index (χ2v) is 7.59. The van der Waals surface area contributed by atoms with Gasteiger partial charge in [-0.2, -0.15) is 0 Å². The number of carbonyl (C=O) groups excluding carboxylic acids is 1. The summed E-state index contributed by atoms with van der Waals surface area (Å²) in [6.45, 7) is 4.25. The van der Waals surface area contributed by atoms with Crippen LogP contribution in [0.5, 0.6) is 0 Å². The second kappa shape index (κ2) is 10.9. The van der Waals surface area contributed by atoms with Gasteiger partial charge in [0, 0.05) is 42.8 Å². The summed E-state index contributed by atoms with van der Waals surface area (Å²) in [4.78, 5) is 14.7. The molecule has 1 heterocycles. The van der Waals surface area contributed by atoms with Crippen molar-refractivity contribution in [1.82, 2.24) is 9.47 Å². The van der Waals surface area contributed by atoms with Gasteiger partial charge in [-0.1, -0.05) is 42.8 Å². The van der Waals surface area contributed by atoms with Crippen LogP contribution in [-0.4, -0.2) is 35.8 Å². The summed E-state index contributed by atoms with van der Waals surface area (Å²) in [5.41, 5.74) is 4.18. The molecule has 0 aliphatic rings. The van der Waals surface area contributed by atoms with Crippen LogP contribution in [0.1, 0.15) is 23.7 Å². The first-order valence-corrected chi connectivity index (χ1v) is 10.5. The zero-order valence-corrected chi connectivity index (χ0v) is 18.2. The maximum atomic E-state index is 12.9. The summed E-state index contributed by atoms with van der Waals surface area (Å²) in [7, 11) is 1.64. The number of aromatic nitrogens is 1. The van der Waals surface area contributed by atoms with Crippen LogP contribution < -0.4 is 5.32 Å². The molecule has 30 heavy (non-hydrogen) atoms. The molecule has 1 aromatic heterocycles. The summed E-state index contributed by atoms with van der Waals surface area (Å²) in [5, 5.41) is 3.71. The van der Waals surface area contributed by atoms with Crippen LogP contribution in [0.3, 0.4) is 0 Å². The maximum absolute atomic E-state index is 12.9. The number of benzene rings is 2. The molecule has 0 spiro atoms. The van der Waals surface area contributed by atoms with Crippen LogP contribution >= 0.6 is 11.6 Å². The minimum Gasteiger partial charge on any atom is -0.383 e. The number of methoxy groups -OCH3 is 1. The quantitative estimate of drug-likeness (QED) is 0.496. The third kappa shape index (κ3) is 6.12. The minimum absolute atomic E-state index is 0.146. The van der Waals surface area contributed by atoms with E-state index < -0.39 is 0 Å². The van der Waals surface area contributed by atoms with E-state index in [1.807, 2.05) is 66.9 Å². The largest absolute Gasteiger partial charge is 0.383 e. The van der Waals surface area contributed by atoms with Crippen molar-refractivity contribution in [3.05, 3.63) is 88.7 Å². The Morgan fingerprint density at radius 1 is 1.10 bits per heavy atom. The molecule has 2 aromatic carbocycles. The van der Waals surface area contributed by atoms with Gasteiger partial charge in [0.1, 0.15) is 0 Å². The number of urea groups is 1. The second-order valence-electron chi connectivity index (χ2n) is 7.15. The highest BCUT2D eigenvalue weighted by molar-refractivity contribution is 6.30. The van der Waals surface area contributed by atoms with Crippen molar-refractivity contribution in [3.63, 3.8) is 0 Å². The highest BCUT2D eigenvalue weighted by Gasteiger charge is 2.16. The standard InChI is InChI=1S/C24H28ClN3O2/c1-3-19-9-11-22(12-10-19)26-24(29)28(14-15-30-2)18-23-8-5-13-27(23)17-20-6-4-7-21(25)16-20/h4-13,16H,3,14-15,17-18H2,1-2H3,(H,26,29). The van der Waals surface area contributed by atoms with Gasteiger partial charge in [-0.25, -0.2) is 4.79 Å². The van der Waals surface area contributed by atoms with Gasteiger partial charge in [-0.3, -0.25) is 0 Å². The Morgan fingerprint density at radius 3 is 2.60 bits per heavy atom. The van der Waals surface area contributed by atoms with Crippen molar-refractivity contribution in [3.8, 4) is 0 Å². The molecule has 3 rings (SSSR count). The normalized spacial score (nSPS) is 10.8. The summed E-state index contributed by atoms with van der Waals surface area (Å²) in [5.74, 6) is 0. The third-order valence-electron chi connectivity index (χ3n) is 4.98. The highest BCUT2D eigenvalue weighted by Crippen LogP contribution is 2.16. The number of carbonyl (C=O) groups is 1. The predicted octanol–water partition coefficient (Wildman–Crippen LogP) is 5.43. The minimum atomic E-state index is -0.146. The number of hydrogen-bond donors (Lipinski definition) is 1. The van der Waals surface area contributed by atoms with Crippen LogP contribution in [-0.2, 0) is 24.2 Å². The van der Waals surface area contributed by atoms with E-state index in [4.69, 9.17) is 16.3 Å². The Kier molecular flexibility index (Phi) is 7.94. The molecule has 0 aliphatic carbocycles. The molecule has 0 aliphatic heterocycles. The van der Waals surface area contributed by atoms with Gasteiger partial charge in [0.05, 0.1) is 13.2 Å². The monoisotopic (exact) mass is 425 g/mol. The summed E-state index contributed by atoms with van der Waals surface area (Å²) >= 11 is 6.12. The zero-order chi connectivity index (χ0) is 21.3. The lowest BCUT2D eigenvalue weighted by Crippen LogP contribution is -2.37. The molecule has 0 unspecified atom stereocenters. The van der Waals surface area contributed by atoms with Crippen LogP contribution in [0.2, 0.25) is 5.02 Å². The van der Waals surface area contributed by atoms with Crippen molar-refractivity contribution in [2.75, 3.05) is 25.6 Å². The Bertz CT molecular complexity index is 953. The molecule has 0 fully saturated rings. The average molecular weight is 426 g/mol. The van der Waals surface area contributed by atoms with Gasteiger partial charge in [-0.15, -0.1) is 0 Å². The van der Waals surface area contributed by atoms with E-state index in [-0.39, 0.29) is 6.03 Å². The summed E-state index contributed by atoms with van der Waals surface area (Å²) < 4.78 is 7.35. The first-order chi connectivity index (χ1) is 14.6. The number of nitrogens with zero attached hydrogens (tertiary/aromatic N) is 2. The third-order valence-corrected chi connectivity index (χ3v) is 5.22. The fourth-order valence-electron chi connectivity index (χ4n) is 3.26. The van der Waals surface area contributed by atoms with Crippen LogP contribution in [0, 0.1) is 0 Å². The van der Waals surface area contributed by atoms with Gasteiger partial charge in [0.15, 0.2) is 0 Å². The van der Waals surface area contributed by atoms with Crippen molar-refractivity contribution in [1.29, 1.82) is 0 Å². The van der Waals surface area contributed by atoms with Crippen LogP contribution in [0.15, 0.2) is 66.9 Å². The first kappa shape index (κ1) is 21.9. The molecule has 158 valence electrons. The van der Waals surface area contributed by atoms with E-state index in [9.17, 15) is 4.79 Å². The van der Waals surface area contributed by atoms with E-state index in [0.717, 1.165) is 28.4 Å². The molecule has 3 aromatic rings.